The Hall–Kier alpha value is -4.37. The lowest BCUT2D eigenvalue weighted by Gasteiger charge is -2.23. The molecule has 208 valence electrons. The fourth-order valence-corrected chi connectivity index (χ4v) is 5.02. The van der Waals surface area contributed by atoms with Crippen molar-refractivity contribution in [2.24, 2.45) is 0 Å². The number of aryl methyl sites for hydroxylation is 1. The number of imidazole rings is 1. The second-order valence-corrected chi connectivity index (χ2v) is 10.4. The smallest absolute Gasteiger partial charge is 0.259 e. The van der Waals surface area contributed by atoms with E-state index in [0.717, 1.165) is 49.5 Å². The Kier molecular flexibility index (Phi) is 8.02. The molecule has 0 spiro atoms. The van der Waals surface area contributed by atoms with Gasteiger partial charge in [0.25, 0.3) is 11.8 Å². The van der Waals surface area contributed by atoms with Crippen LogP contribution in [0.2, 0.25) is 0 Å². The quantitative estimate of drug-likeness (QED) is 0.333. The van der Waals surface area contributed by atoms with E-state index < -0.39 is 0 Å². The topological polar surface area (TPSA) is 93.8 Å². The van der Waals surface area contributed by atoms with E-state index in [0.29, 0.717) is 34.6 Å². The molecule has 40 heavy (non-hydrogen) atoms. The number of amides is 2. The Morgan fingerprint density at radius 3 is 2.65 bits per heavy atom. The second kappa shape index (κ2) is 11.8. The number of benzene rings is 3. The normalized spacial score (nSPS) is 13.2. The predicted octanol–water partition coefficient (Wildman–Crippen LogP) is 4.80. The van der Waals surface area contributed by atoms with Crippen LogP contribution in [-0.2, 0) is 6.42 Å². The van der Waals surface area contributed by atoms with Gasteiger partial charge in [-0.1, -0.05) is 24.3 Å². The first-order chi connectivity index (χ1) is 19.4. The monoisotopic (exact) mass is 540 g/mol. The molecule has 9 heteroatoms. The molecule has 4 aromatic rings. The van der Waals surface area contributed by atoms with Crippen LogP contribution < -0.4 is 19.9 Å². The molecule has 5 rings (SSSR count). The summed E-state index contributed by atoms with van der Waals surface area (Å²) in [7, 11) is 7.55. The number of fused-ring (bicyclic) bond motifs is 2. The molecule has 1 aliphatic rings. The number of likely N-dealkylation sites (N-methyl/N-ethyl adjacent to an activating group) is 2. The van der Waals surface area contributed by atoms with Crippen molar-refractivity contribution in [3.63, 3.8) is 0 Å². The highest BCUT2D eigenvalue weighted by Gasteiger charge is 2.24. The average molecular weight is 541 g/mol. The highest BCUT2D eigenvalue weighted by atomic mass is 16.5. The number of carbonyl (C=O) groups is 2. The molecule has 0 saturated heterocycles. The molecular weight excluding hydrogens is 504 g/mol. The molecule has 0 unspecified atom stereocenters. The molecule has 0 bridgehead atoms. The zero-order valence-corrected chi connectivity index (χ0v) is 23.5. The summed E-state index contributed by atoms with van der Waals surface area (Å²) in [6.07, 6.45) is 2.93. The molecule has 0 atom stereocenters. The van der Waals surface area contributed by atoms with Gasteiger partial charge in [0.15, 0.2) is 0 Å². The molecule has 2 heterocycles. The zero-order chi connectivity index (χ0) is 28.2. The number of anilines is 3. The Labute approximate surface area is 234 Å². The highest BCUT2D eigenvalue weighted by Crippen LogP contribution is 2.30. The molecule has 0 fully saturated rings. The Balaban J connectivity index is 1.37. The van der Waals surface area contributed by atoms with E-state index >= 15 is 0 Å². The third-order valence-corrected chi connectivity index (χ3v) is 7.29. The largest absolute Gasteiger partial charge is 0.496 e. The fourth-order valence-electron chi connectivity index (χ4n) is 5.02. The third-order valence-electron chi connectivity index (χ3n) is 7.29. The number of aromatic nitrogens is 2. The van der Waals surface area contributed by atoms with Crippen molar-refractivity contribution < 1.29 is 14.3 Å². The van der Waals surface area contributed by atoms with Crippen molar-refractivity contribution in [1.82, 2.24) is 14.9 Å². The van der Waals surface area contributed by atoms with Gasteiger partial charge in [-0.15, -0.1) is 0 Å². The van der Waals surface area contributed by atoms with Crippen LogP contribution in [0.1, 0.15) is 39.1 Å². The van der Waals surface area contributed by atoms with Crippen molar-refractivity contribution in [3.8, 4) is 5.75 Å². The zero-order valence-electron chi connectivity index (χ0n) is 23.5. The van der Waals surface area contributed by atoms with Gasteiger partial charge < -0.3 is 29.7 Å². The number of para-hydroxylation sites is 2. The second-order valence-electron chi connectivity index (χ2n) is 10.4. The van der Waals surface area contributed by atoms with E-state index in [1.165, 1.54) is 12.7 Å². The average Bonchev–Trinajstić information content (AvgIpc) is 3.30. The van der Waals surface area contributed by atoms with E-state index in [4.69, 9.17) is 9.72 Å². The number of hydrogen-bond donors (Lipinski definition) is 2. The number of aromatic amines is 1. The van der Waals surface area contributed by atoms with Gasteiger partial charge in [-0.25, -0.2) is 4.98 Å². The third kappa shape index (κ3) is 5.65. The maximum Gasteiger partial charge on any atom is 0.259 e. The minimum Gasteiger partial charge on any atom is -0.496 e. The van der Waals surface area contributed by atoms with Gasteiger partial charge in [0.2, 0.25) is 5.95 Å². The van der Waals surface area contributed by atoms with Gasteiger partial charge in [0.1, 0.15) is 11.3 Å². The molecule has 0 aliphatic carbocycles. The van der Waals surface area contributed by atoms with Crippen molar-refractivity contribution in [3.05, 3.63) is 77.4 Å². The predicted molar refractivity (Wildman–Crippen MR) is 160 cm³/mol. The maximum absolute atomic E-state index is 13.6. The van der Waals surface area contributed by atoms with Gasteiger partial charge in [0.05, 0.1) is 23.9 Å². The van der Waals surface area contributed by atoms with Crippen molar-refractivity contribution in [2.45, 2.75) is 19.3 Å². The number of nitrogens with one attached hydrogen (secondary N) is 2. The molecule has 0 saturated carbocycles. The van der Waals surface area contributed by atoms with Crippen molar-refractivity contribution in [1.29, 1.82) is 0 Å². The van der Waals surface area contributed by atoms with Crippen LogP contribution in [-0.4, -0.2) is 74.6 Å². The molecular formula is C31H36N6O3. The molecule has 1 aromatic heterocycles. The van der Waals surface area contributed by atoms with Crippen LogP contribution >= 0.6 is 0 Å². The van der Waals surface area contributed by atoms with Crippen LogP contribution in [0, 0.1) is 0 Å². The van der Waals surface area contributed by atoms with Gasteiger partial charge in [-0.2, -0.15) is 0 Å². The number of ether oxygens (including phenoxy) is 1. The van der Waals surface area contributed by atoms with Crippen LogP contribution in [0.25, 0.3) is 11.0 Å². The van der Waals surface area contributed by atoms with Crippen molar-refractivity contribution >= 4 is 40.2 Å². The van der Waals surface area contributed by atoms with E-state index in [-0.39, 0.29) is 11.8 Å². The Morgan fingerprint density at radius 1 is 1.02 bits per heavy atom. The Bertz CT molecular complexity index is 1530. The highest BCUT2D eigenvalue weighted by molar-refractivity contribution is 6.11. The molecule has 0 radical (unpaired) electrons. The van der Waals surface area contributed by atoms with E-state index in [1.807, 2.05) is 67.3 Å². The van der Waals surface area contributed by atoms with Gasteiger partial charge >= 0.3 is 0 Å². The van der Waals surface area contributed by atoms with Gasteiger partial charge in [0, 0.05) is 37.9 Å². The van der Waals surface area contributed by atoms with Crippen LogP contribution in [0.3, 0.4) is 0 Å². The summed E-state index contributed by atoms with van der Waals surface area (Å²) in [6.45, 7) is 2.35. The minimum absolute atomic E-state index is 0.105. The first-order valence-corrected chi connectivity index (χ1v) is 13.6. The van der Waals surface area contributed by atoms with E-state index in [9.17, 15) is 9.59 Å². The standard InChI is InChI=1S/C31H36N6O3/c1-35(2)18-19-36(3)31-33-25-13-9-12-24(28(25)34-31)32-29(38)23-16-15-22(20-27(23)40-4)30(39)37-17-8-7-11-21-10-5-6-14-26(21)37/h5-6,9-10,12-16,20H,7-8,11,17-19H2,1-4H3,(H,32,38)(H,33,34). The number of carbonyl (C=O) groups excluding carboxylic acids is 2. The van der Waals surface area contributed by atoms with Crippen LogP contribution in [0.4, 0.5) is 17.3 Å². The van der Waals surface area contributed by atoms with Crippen LogP contribution in [0.5, 0.6) is 5.75 Å². The Morgan fingerprint density at radius 2 is 1.85 bits per heavy atom. The summed E-state index contributed by atoms with van der Waals surface area (Å²) in [4.78, 5) is 41.1. The molecule has 3 aromatic carbocycles. The first kappa shape index (κ1) is 27.2. The number of nitrogens with zero attached hydrogens (tertiary/aromatic N) is 4. The fraction of sp³-hybridized carbons (Fsp3) is 0.323. The molecule has 9 nitrogen and oxygen atoms in total. The first-order valence-electron chi connectivity index (χ1n) is 13.6. The number of methoxy groups -OCH3 is 1. The maximum atomic E-state index is 13.6. The molecule has 1 aliphatic heterocycles. The minimum atomic E-state index is -0.339. The SMILES string of the molecule is COc1cc(C(=O)N2CCCCc3ccccc32)ccc1C(=O)Nc1cccc2[nH]c(N(C)CCN(C)C)nc12. The summed E-state index contributed by atoms with van der Waals surface area (Å²) < 4.78 is 5.58. The summed E-state index contributed by atoms with van der Waals surface area (Å²) in [6, 6.07) is 18.7. The summed E-state index contributed by atoms with van der Waals surface area (Å²) >= 11 is 0. The summed E-state index contributed by atoms with van der Waals surface area (Å²) in [5, 5.41) is 2.99. The van der Waals surface area contributed by atoms with E-state index in [1.54, 1.807) is 18.2 Å². The summed E-state index contributed by atoms with van der Waals surface area (Å²) in [5.41, 5.74) is 5.04. The molecule has 2 N–H and O–H groups in total. The van der Waals surface area contributed by atoms with Crippen LogP contribution in [0.15, 0.2) is 60.7 Å². The van der Waals surface area contributed by atoms with E-state index in [2.05, 4.69) is 21.3 Å². The van der Waals surface area contributed by atoms with Gasteiger partial charge in [-0.05, 0) is 75.3 Å². The number of hydrogen-bond acceptors (Lipinski definition) is 6. The van der Waals surface area contributed by atoms with Gasteiger partial charge in [-0.3, -0.25) is 9.59 Å². The summed E-state index contributed by atoms with van der Waals surface area (Å²) in [5.74, 6) is 0.625. The lowest BCUT2D eigenvalue weighted by molar-refractivity contribution is 0.0982. The number of H-pyrrole nitrogens is 1. The lowest BCUT2D eigenvalue weighted by Crippen LogP contribution is -2.31. The molecule has 2 amide bonds. The van der Waals surface area contributed by atoms with Crippen molar-refractivity contribution in [2.75, 3.05) is 63.0 Å². The lowest BCUT2D eigenvalue weighted by atomic mass is 10.1. The number of rotatable bonds is 8.